The molecule has 5 aliphatic rings. The van der Waals surface area contributed by atoms with E-state index in [0.717, 1.165) is 26.3 Å². The molecule has 4 atom stereocenters. The maximum absolute atomic E-state index is 14.3. The summed E-state index contributed by atoms with van der Waals surface area (Å²) in [5, 5.41) is 22.2. The number of carbonyl (C=O) groups is 5. The van der Waals surface area contributed by atoms with Crippen LogP contribution in [0, 0.1) is 11.8 Å². The first-order valence-electron chi connectivity index (χ1n) is 19.2. The largest absolute Gasteiger partial charge is 0.494 e. The van der Waals surface area contributed by atoms with Crippen LogP contribution in [0.1, 0.15) is 59.1 Å². The molecule has 2 aliphatic heterocycles. The molecule has 18 heteroatoms. The van der Waals surface area contributed by atoms with Crippen molar-refractivity contribution in [2.75, 3.05) is 78.5 Å². The highest BCUT2D eigenvalue weighted by atomic mass is 16.8. The number of aliphatic hydroxyl groups is 1. The molecule has 3 amide bonds. The first kappa shape index (κ1) is 43.2. The van der Waals surface area contributed by atoms with E-state index in [1.165, 1.54) is 7.11 Å². The van der Waals surface area contributed by atoms with Crippen LogP contribution in [0.25, 0.3) is 0 Å². The third kappa shape index (κ3) is 7.07. The summed E-state index contributed by atoms with van der Waals surface area (Å²) in [6.45, 7) is 9.13. The molecular weight excluding hydrogens is 758 g/mol. The molecule has 18 nitrogen and oxygen atoms in total. The van der Waals surface area contributed by atoms with Gasteiger partial charge in [0.25, 0.3) is 5.91 Å². The van der Waals surface area contributed by atoms with E-state index in [0.29, 0.717) is 16.9 Å². The molecule has 4 N–H and O–H groups in total. The molecule has 58 heavy (non-hydrogen) atoms. The Hall–Kier alpha value is -4.43. The SMILES string of the molecule is COc1c(NC(=O)CNC(C)(C)C)cc(N(C)C)c2c1C1(OCCO1)C1=C(OC(C)=O)[C@@]3(O)[C@@H](C[C@@H]1C2)[C@H](N(C)C)C(OC(C)=O)=C(C(=O)NC(C)=O)C31OCCO1. The molecule has 318 valence electrons. The molecule has 0 aromatic heterocycles. The Morgan fingerprint density at radius 2 is 1.53 bits per heavy atom. The zero-order valence-corrected chi connectivity index (χ0v) is 35.0. The van der Waals surface area contributed by atoms with E-state index in [1.807, 2.05) is 45.8 Å². The molecule has 6 rings (SSSR count). The van der Waals surface area contributed by atoms with E-state index >= 15 is 0 Å². The molecule has 0 saturated carbocycles. The fraction of sp³-hybridized carbons (Fsp3) is 0.625. The highest BCUT2D eigenvalue weighted by molar-refractivity contribution is 6.06. The number of ether oxygens (including phenoxy) is 7. The molecule has 3 aliphatic carbocycles. The van der Waals surface area contributed by atoms with Gasteiger partial charge in [0.2, 0.25) is 23.4 Å². The van der Waals surface area contributed by atoms with Crippen molar-refractivity contribution in [1.29, 1.82) is 0 Å². The number of rotatable bonds is 9. The second-order valence-electron chi connectivity index (χ2n) is 16.6. The number of carbonyl (C=O) groups excluding carboxylic acids is 5. The van der Waals surface area contributed by atoms with Gasteiger partial charge in [0.1, 0.15) is 11.3 Å². The summed E-state index contributed by atoms with van der Waals surface area (Å²) in [6, 6.07) is 0.757. The van der Waals surface area contributed by atoms with Crippen LogP contribution in [-0.2, 0) is 64.6 Å². The van der Waals surface area contributed by atoms with Crippen molar-refractivity contribution < 1.29 is 62.2 Å². The number of esters is 2. The fourth-order valence-corrected chi connectivity index (χ4v) is 9.17. The Morgan fingerprint density at radius 3 is 2.05 bits per heavy atom. The van der Waals surface area contributed by atoms with E-state index in [9.17, 15) is 29.1 Å². The predicted molar refractivity (Wildman–Crippen MR) is 206 cm³/mol. The summed E-state index contributed by atoms with van der Waals surface area (Å²) in [7, 11) is 8.53. The van der Waals surface area contributed by atoms with Crippen molar-refractivity contribution in [2.24, 2.45) is 11.8 Å². The zero-order chi connectivity index (χ0) is 42.7. The molecule has 1 aromatic rings. The van der Waals surface area contributed by atoms with Gasteiger partial charge in [-0.2, -0.15) is 0 Å². The molecule has 2 saturated heterocycles. The lowest BCUT2D eigenvalue weighted by atomic mass is 9.55. The number of nitrogens with one attached hydrogen (secondary N) is 3. The summed E-state index contributed by atoms with van der Waals surface area (Å²) in [5.74, 6) is -10.1. The van der Waals surface area contributed by atoms with Crippen molar-refractivity contribution in [3.63, 3.8) is 0 Å². The Kier molecular flexibility index (Phi) is 11.6. The maximum atomic E-state index is 14.3. The van der Waals surface area contributed by atoms with Crippen molar-refractivity contribution in [3.05, 3.63) is 39.9 Å². The van der Waals surface area contributed by atoms with E-state index < -0.39 is 64.4 Å². The predicted octanol–water partition coefficient (Wildman–Crippen LogP) is 1.19. The lowest BCUT2D eigenvalue weighted by molar-refractivity contribution is -0.283. The van der Waals surface area contributed by atoms with Gasteiger partial charge in [0, 0.05) is 57.6 Å². The molecule has 2 fully saturated rings. The Bertz CT molecular complexity index is 1960. The van der Waals surface area contributed by atoms with Gasteiger partial charge >= 0.3 is 11.9 Å². The second kappa shape index (κ2) is 15.6. The van der Waals surface area contributed by atoms with Crippen LogP contribution in [0.15, 0.2) is 28.7 Å². The molecule has 0 bridgehead atoms. The number of likely N-dealkylation sites (N-methyl/N-ethyl adjacent to an activating group) is 1. The average molecular weight is 814 g/mol. The fourth-order valence-electron chi connectivity index (χ4n) is 9.17. The van der Waals surface area contributed by atoms with Gasteiger partial charge in [-0.05, 0) is 65.3 Å². The minimum absolute atomic E-state index is 0.00502. The Labute approximate surface area is 337 Å². The number of methoxy groups -OCH3 is 1. The van der Waals surface area contributed by atoms with Gasteiger partial charge in [0.15, 0.2) is 17.1 Å². The summed E-state index contributed by atoms with van der Waals surface area (Å²) in [6.07, 6.45) is 0.361. The number of benzene rings is 1. The van der Waals surface area contributed by atoms with Gasteiger partial charge in [0.05, 0.1) is 57.4 Å². The van der Waals surface area contributed by atoms with E-state index in [2.05, 4.69) is 16.0 Å². The first-order chi connectivity index (χ1) is 27.1. The molecule has 2 heterocycles. The minimum atomic E-state index is -2.55. The lowest BCUT2D eigenvalue weighted by Crippen LogP contribution is -2.73. The number of fused-ring (bicyclic) bond motifs is 6. The van der Waals surface area contributed by atoms with Crippen molar-refractivity contribution in [1.82, 2.24) is 15.5 Å². The molecule has 0 radical (unpaired) electrons. The van der Waals surface area contributed by atoms with E-state index in [-0.39, 0.29) is 80.1 Å². The number of hydrogen-bond donors (Lipinski definition) is 4. The number of nitrogens with zero attached hydrogens (tertiary/aromatic N) is 2. The van der Waals surface area contributed by atoms with Crippen LogP contribution >= 0.6 is 0 Å². The summed E-state index contributed by atoms with van der Waals surface area (Å²) >= 11 is 0. The van der Waals surface area contributed by atoms with Gasteiger partial charge < -0.3 is 53.8 Å². The van der Waals surface area contributed by atoms with Crippen LogP contribution in [0.5, 0.6) is 5.75 Å². The first-order valence-corrected chi connectivity index (χ1v) is 19.2. The third-order valence-electron chi connectivity index (χ3n) is 11.0. The van der Waals surface area contributed by atoms with Crippen LogP contribution in [0.2, 0.25) is 0 Å². The van der Waals surface area contributed by atoms with Crippen molar-refractivity contribution in [3.8, 4) is 5.75 Å². The Balaban J connectivity index is 1.71. The summed E-state index contributed by atoms with van der Waals surface area (Å²) < 4.78 is 44.1. The Morgan fingerprint density at radius 1 is 0.931 bits per heavy atom. The molecular formula is C40H55N5O13. The van der Waals surface area contributed by atoms with Crippen LogP contribution in [0.3, 0.4) is 0 Å². The number of imide groups is 1. The lowest BCUT2D eigenvalue weighted by Gasteiger charge is -2.59. The zero-order valence-electron chi connectivity index (χ0n) is 35.0. The summed E-state index contributed by atoms with van der Waals surface area (Å²) in [4.78, 5) is 69.9. The molecule has 2 spiro atoms. The number of anilines is 2. The highest BCUT2D eigenvalue weighted by Crippen LogP contribution is 2.65. The number of amides is 3. The van der Waals surface area contributed by atoms with Crippen molar-refractivity contribution in [2.45, 2.75) is 83.1 Å². The minimum Gasteiger partial charge on any atom is -0.494 e. The van der Waals surface area contributed by atoms with Gasteiger partial charge in [-0.1, -0.05) is 0 Å². The van der Waals surface area contributed by atoms with E-state index in [4.69, 9.17) is 33.2 Å². The molecule has 1 aromatic carbocycles. The van der Waals surface area contributed by atoms with Gasteiger partial charge in [-0.15, -0.1) is 0 Å². The smallest absolute Gasteiger partial charge is 0.307 e. The second-order valence-corrected chi connectivity index (χ2v) is 16.6. The maximum Gasteiger partial charge on any atom is 0.307 e. The van der Waals surface area contributed by atoms with Crippen LogP contribution < -0.4 is 25.6 Å². The standard InChI is InChI=1S/C40H55N5O13/c1-20(46)42-36(50)31-34(57-21(2)47)32(45(9)10)25-17-23-16-24-27(44(7)8)18-26(43-28(49)19-41-37(4,5)6)33(52-11)30(24)39(53-12-13-54-39)29(23)35(58-22(3)48)38(25,51)40(31)55-14-15-56-40/h18,23,25,32,41,51H,12-17,19H2,1-11H3,(H,43,49)(H,42,46,50)/t23-,25-,32-,38-/m0/s1. The normalized spacial score (nSPS) is 25.6. The average Bonchev–Trinajstić information content (AvgIpc) is 3.79. The topological polar surface area (TPSA) is 213 Å². The number of hydrogen-bond acceptors (Lipinski definition) is 16. The highest BCUT2D eigenvalue weighted by Gasteiger charge is 2.76. The van der Waals surface area contributed by atoms with Crippen LogP contribution in [0.4, 0.5) is 11.4 Å². The van der Waals surface area contributed by atoms with Crippen LogP contribution in [-0.4, -0.2) is 131 Å². The quantitative estimate of drug-likeness (QED) is 0.258. The van der Waals surface area contributed by atoms with E-state index in [1.54, 1.807) is 19.0 Å². The van der Waals surface area contributed by atoms with Gasteiger partial charge in [-0.3, -0.25) is 34.2 Å². The summed E-state index contributed by atoms with van der Waals surface area (Å²) in [5.41, 5.74) is -1.03. The molecule has 0 unspecified atom stereocenters. The third-order valence-corrected chi connectivity index (χ3v) is 11.0. The van der Waals surface area contributed by atoms with Crippen molar-refractivity contribution >= 4 is 41.0 Å². The monoisotopic (exact) mass is 813 g/mol. The van der Waals surface area contributed by atoms with Gasteiger partial charge in [-0.25, -0.2) is 0 Å².